The summed E-state index contributed by atoms with van der Waals surface area (Å²) in [6.07, 6.45) is 1.36. The molecule has 29 heavy (non-hydrogen) atoms. The average Bonchev–Trinajstić information content (AvgIpc) is 3.17. The predicted molar refractivity (Wildman–Crippen MR) is 116 cm³/mol. The van der Waals surface area contributed by atoms with Crippen LogP contribution in [0.3, 0.4) is 0 Å². The van der Waals surface area contributed by atoms with E-state index in [4.69, 9.17) is 9.47 Å². The standard InChI is InChI=1S/C23H29N3O3/c1-16-14-25(10-11-26(16)17-4-6-18(28-2)7-5-17)15-23(27)21-13-24-22-9-8-19(29-3)12-20(21)22/h4-9,12-13,16,23-24,27H,10-11,14-15H2,1-3H3/t16-,23-/m0/s1. The summed E-state index contributed by atoms with van der Waals surface area (Å²) < 4.78 is 10.6. The summed E-state index contributed by atoms with van der Waals surface area (Å²) in [4.78, 5) is 8.01. The molecule has 6 heteroatoms. The van der Waals surface area contributed by atoms with Gasteiger partial charge in [0.2, 0.25) is 0 Å². The maximum atomic E-state index is 10.9. The van der Waals surface area contributed by atoms with Crippen molar-refractivity contribution < 1.29 is 14.6 Å². The third kappa shape index (κ3) is 4.04. The number of nitrogens with zero attached hydrogens (tertiary/aromatic N) is 2. The van der Waals surface area contributed by atoms with Gasteiger partial charge in [-0.15, -0.1) is 0 Å². The van der Waals surface area contributed by atoms with Crippen molar-refractivity contribution in [2.75, 3.05) is 45.3 Å². The predicted octanol–water partition coefficient (Wildman–Crippen LogP) is 3.43. The monoisotopic (exact) mass is 395 g/mol. The van der Waals surface area contributed by atoms with Gasteiger partial charge in [0.15, 0.2) is 0 Å². The Balaban J connectivity index is 1.42. The first-order valence-corrected chi connectivity index (χ1v) is 10.0. The van der Waals surface area contributed by atoms with Crippen LogP contribution in [-0.2, 0) is 0 Å². The number of anilines is 1. The number of rotatable bonds is 6. The van der Waals surface area contributed by atoms with Crippen LogP contribution in [0.1, 0.15) is 18.6 Å². The van der Waals surface area contributed by atoms with Crippen molar-refractivity contribution in [3.63, 3.8) is 0 Å². The number of methoxy groups -OCH3 is 2. The zero-order valence-electron chi connectivity index (χ0n) is 17.3. The molecule has 0 spiro atoms. The Morgan fingerprint density at radius 2 is 1.79 bits per heavy atom. The Morgan fingerprint density at radius 3 is 2.48 bits per heavy atom. The molecule has 4 rings (SSSR count). The molecule has 0 radical (unpaired) electrons. The highest BCUT2D eigenvalue weighted by molar-refractivity contribution is 5.85. The van der Waals surface area contributed by atoms with Gasteiger partial charge in [0.05, 0.1) is 20.3 Å². The van der Waals surface area contributed by atoms with E-state index in [1.807, 2.05) is 36.5 Å². The second kappa shape index (κ2) is 8.35. The number of hydrogen-bond donors (Lipinski definition) is 2. The molecule has 1 aliphatic rings. The van der Waals surface area contributed by atoms with Gasteiger partial charge < -0.3 is 24.5 Å². The molecule has 2 heterocycles. The van der Waals surface area contributed by atoms with Crippen molar-refractivity contribution in [1.82, 2.24) is 9.88 Å². The van der Waals surface area contributed by atoms with Gasteiger partial charge in [0.1, 0.15) is 11.5 Å². The topological polar surface area (TPSA) is 61.0 Å². The molecule has 0 unspecified atom stereocenters. The zero-order valence-corrected chi connectivity index (χ0v) is 17.3. The number of aromatic nitrogens is 1. The summed E-state index contributed by atoms with van der Waals surface area (Å²) in [6.45, 7) is 5.61. The number of aromatic amines is 1. The van der Waals surface area contributed by atoms with Gasteiger partial charge in [-0.25, -0.2) is 0 Å². The number of nitrogens with one attached hydrogen (secondary N) is 1. The van der Waals surface area contributed by atoms with Crippen molar-refractivity contribution in [2.45, 2.75) is 19.1 Å². The Hall–Kier alpha value is -2.70. The summed E-state index contributed by atoms with van der Waals surface area (Å²) in [7, 11) is 3.35. The molecular weight excluding hydrogens is 366 g/mol. The Kier molecular flexibility index (Phi) is 5.65. The van der Waals surface area contributed by atoms with Gasteiger partial charge in [0, 0.05) is 60.6 Å². The molecule has 1 aromatic heterocycles. The van der Waals surface area contributed by atoms with E-state index in [9.17, 15) is 5.11 Å². The van der Waals surface area contributed by atoms with Crippen molar-refractivity contribution in [2.24, 2.45) is 0 Å². The second-order valence-corrected chi connectivity index (χ2v) is 7.67. The van der Waals surface area contributed by atoms with Crippen LogP contribution < -0.4 is 14.4 Å². The molecule has 0 saturated carbocycles. The summed E-state index contributed by atoms with van der Waals surface area (Å²) in [5.74, 6) is 1.67. The lowest BCUT2D eigenvalue weighted by Crippen LogP contribution is -2.52. The Bertz CT molecular complexity index is 954. The van der Waals surface area contributed by atoms with Crippen molar-refractivity contribution in [3.8, 4) is 11.5 Å². The highest BCUT2D eigenvalue weighted by Crippen LogP contribution is 2.29. The van der Waals surface area contributed by atoms with Crippen LogP contribution in [0.15, 0.2) is 48.7 Å². The summed E-state index contributed by atoms with van der Waals surface area (Å²) in [6, 6.07) is 14.5. The van der Waals surface area contributed by atoms with Crippen LogP contribution in [-0.4, -0.2) is 61.4 Å². The van der Waals surface area contributed by atoms with Gasteiger partial charge >= 0.3 is 0 Å². The van der Waals surface area contributed by atoms with E-state index in [-0.39, 0.29) is 0 Å². The lowest BCUT2D eigenvalue weighted by Gasteiger charge is -2.42. The van der Waals surface area contributed by atoms with Crippen LogP contribution >= 0.6 is 0 Å². The van der Waals surface area contributed by atoms with Crippen molar-refractivity contribution in [3.05, 3.63) is 54.2 Å². The first-order chi connectivity index (χ1) is 14.1. The molecule has 3 aromatic rings. The first-order valence-electron chi connectivity index (χ1n) is 10.0. The average molecular weight is 396 g/mol. The summed E-state index contributed by atoms with van der Waals surface area (Å²) in [5, 5.41) is 11.9. The lowest BCUT2D eigenvalue weighted by atomic mass is 10.1. The number of benzene rings is 2. The maximum absolute atomic E-state index is 10.9. The quantitative estimate of drug-likeness (QED) is 0.670. The molecule has 1 fully saturated rings. The van der Waals surface area contributed by atoms with E-state index in [1.165, 1.54) is 5.69 Å². The van der Waals surface area contributed by atoms with Crippen LogP contribution in [0, 0.1) is 0 Å². The number of aliphatic hydroxyl groups excluding tert-OH is 1. The molecule has 154 valence electrons. The molecule has 1 aliphatic heterocycles. The van der Waals surface area contributed by atoms with Crippen molar-refractivity contribution in [1.29, 1.82) is 0 Å². The number of β-amino-alcohol motifs (C(OH)–C–C–N with tert-alkyl or cyclic N) is 1. The van der Waals surface area contributed by atoms with Gasteiger partial charge in [-0.1, -0.05) is 0 Å². The normalized spacial score (nSPS) is 18.8. The number of H-pyrrole nitrogens is 1. The molecule has 1 saturated heterocycles. The number of hydrogen-bond acceptors (Lipinski definition) is 5. The van der Waals surface area contributed by atoms with E-state index in [2.05, 4.69) is 33.8 Å². The molecule has 0 bridgehead atoms. The second-order valence-electron chi connectivity index (χ2n) is 7.67. The van der Waals surface area contributed by atoms with Gasteiger partial charge in [-0.2, -0.15) is 0 Å². The van der Waals surface area contributed by atoms with E-state index in [1.54, 1.807) is 14.2 Å². The maximum Gasteiger partial charge on any atom is 0.119 e. The molecule has 2 atom stereocenters. The fourth-order valence-corrected chi connectivity index (χ4v) is 4.22. The molecule has 0 amide bonds. The Morgan fingerprint density at radius 1 is 1.07 bits per heavy atom. The fraction of sp³-hybridized carbons (Fsp3) is 0.391. The smallest absolute Gasteiger partial charge is 0.119 e. The van der Waals surface area contributed by atoms with Crippen molar-refractivity contribution >= 4 is 16.6 Å². The fourth-order valence-electron chi connectivity index (χ4n) is 4.22. The zero-order chi connectivity index (χ0) is 20.4. The van der Waals surface area contributed by atoms with E-state index >= 15 is 0 Å². The van der Waals surface area contributed by atoms with E-state index in [0.29, 0.717) is 12.6 Å². The molecule has 0 aliphatic carbocycles. The highest BCUT2D eigenvalue weighted by Gasteiger charge is 2.26. The van der Waals surface area contributed by atoms with Gasteiger partial charge in [-0.3, -0.25) is 4.90 Å². The van der Waals surface area contributed by atoms with Gasteiger partial charge in [-0.05, 0) is 49.4 Å². The minimum atomic E-state index is -0.546. The number of ether oxygens (including phenoxy) is 2. The van der Waals surface area contributed by atoms with E-state index < -0.39 is 6.10 Å². The summed E-state index contributed by atoms with van der Waals surface area (Å²) >= 11 is 0. The van der Waals surface area contributed by atoms with Crippen LogP contribution in [0.25, 0.3) is 10.9 Å². The minimum absolute atomic E-state index is 0.368. The third-order valence-electron chi connectivity index (χ3n) is 5.83. The molecule has 2 N–H and O–H groups in total. The number of fused-ring (bicyclic) bond motifs is 1. The minimum Gasteiger partial charge on any atom is -0.497 e. The number of aliphatic hydroxyl groups is 1. The van der Waals surface area contributed by atoms with Gasteiger partial charge in [0.25, 0.3) is 0 Å². The van der Waals surface area contributed by atoms with Crippen LogP contribution in [0.4, 0.5) is 5.69 Å². The Labute approximate surface area is 171 Å². The third-order valence-corrected chi connectivity index (χ3v) is 5.83. The van der Waals surface area contributed by atoms with E-state index in [0.717, 1.165) is 47.6 Å². The molecule has 2 aromatic carbocycles. The van der Waals surface area contributed by atoms with Crippen LogP contribution in [0.2, 0.25) is 0 Å². The highest BCUT2D eigenvalue weighted by atomic mass is 16.5. The number of piperazine rings is 1. The SMILES string of the molecule is COc1ccc(N2CCN(C[C@H](O)c3c[nH]c4ccc(OC)cc34)C[C@@H]2C)cc1. The lowest BCUT2D eigenvalue weighted by molar-refractivity contribution is 0.103. The van der Waals surface area contributed by atoms with Crippen LogP contribution in [0.5, 0.6) is 11.5 Å². The molecular formula is C23H29N3O3. The largest absolute Gasteiger partial charge is 0.497 e. The molecule has 6 nitrogen and oxygen atoms in total. The summed E-state index contributed by atoms with van der Waals surface area (Å²) in [5.41, 5.74) is 3.14. The first kappa shape index (κ1) is 19.6.